The molecule has 0 radical (unpaired) electrons. The number of hydrogen-bond donors (Lipinski definition) is 0. The molecule has 3 aromatic rings. The fourth-order valence-electron chi connectivity index (χ4n) is 3.89. The molecule has 1 aromatic heterocycles. The number of nitrogens with zero attached hydrogens (tertiary/aromatic N) is 3. The minimum absolute atomic E-state index is 0.0804. The van der Waals surface area contributed by atoms with Crippen LogP contribution in [0.4, 0.5) is 5.13 Å². The number of fused-ring (bicyclic) bond motifs is 2. The van der Waals surface area contributed by atoms with Gasteiger partial charge in [0.2, 0.25) is 5.91 Å². The molecule has 27 heavy (non-hydrogen) atoms. The second-order valence-corrected chi connectivity index (χ2v) is 8.22. The van der Waals surface area contributed by atoms with Crippen LogP contribution in [0.2, 0.25) is 0 Å². The summed E-state index contributed by atoms with van der Waals surface area (Å²) in [7, 11) is 1.67. The Morgan fingerprint density at radius 2 is 2.00 bits per heavy atom. The lowest BCUT2D eigenvalue weighted by Gasteiger charge is -2.41. The minimum Gasteiger partial charge on any atom is -0.497 e. The number of amides is 1. The maximum atomic E-state index is 12.9. The van der Waals surface area contributed by atoms with Gasteiger partial charge in [0.15, 0.2) is 5.13 Å². The number of rotatable bonds is 3. The monoisotopic (exact) mass is 379 g/mol. The van der Waals surface area contributed by atoms with Crippen molar-refractivity contribution in [2.75, 3.05) is 31.6 Å². The Kier molecular flexibility index (Phi) is 4.01. The third kappa shape index (κ3) is 2.94. The quantitative estimate of drug-likeness (QED) is 0.700. The van der Waals surface area contributed by atoms with Crippen LogP contribution in [0.1, 0.15) is 11.1 Å². The standard InChI is InChI=1S/C21H21N3O2S/c1-26-17-6-7-18-19(10-17)27-21(22-18)24-12-16(13-24)20(25)23-9-8-14-4-2-3-5-15(14)11-23/h2-7,10,16H,8-9,11-13H2,1H3. The summed E-state index contributed by atoms with van der Waals surface area (Å²) in [6, 6.07) is 14.4. The van der Waals surface area contributed by atoms with Crippen LogP contribution < -0.4 is 9.64 Å². The zero-order chi connectivity index (χ0) is 18.4. The molecular formula is C21H21N3O2S. The fraction of sp³-hybridized carbons (Fsp3) is 0.333. The number of aromatic nitrogens is 1. The molecule has 2 aromatic carbocycles. The van der Waals surface area contributed by atoms with E-state index >= 15 is 0 Å². The van der Waals surface area contributed by atoms with Crippen molar-refractivity contribution in [3.05, 3.63) is 53.6 Å². The summed E-state index contributed by atoms with van der Waals surface area (Å²) in [5.41, 5.74) is 3.65. The molecule has 6 heteroatoms. The van der Waals surface area contributed by atoms with E-state index in [0.29, 0.717) is 0 Å². The van der Waals surface area contributed by atoms with E-state index in [-0.39, 0.29) is 11.8 Å². The predicted molar refractivity (Wildman–Crippen MR) is 107 cm³/mol. The van der Waals surface area contributed by atoms with Crippen LogP contribution in [0, 0.1) is 5.92 Å². The largest absolute Gasteiger partial charge is 0.497 e. The molecule has 0 atom stereocenters. The van der Waals surface area contributed by atoms with Crippen LogP contribution in [0.5, 0.6) is 5.75 Å². The van der Waals surface area contributed by atoms with Crippen molar-refractivity contribution in [3.63, 3.8) is 0 Å². The molecule has 138 valence electrons. The van der Waals surface area contributed by atoms with Gasteiger partial charge >= 0.3 is 0 Å². The molecule has 0 spiro atoms. The number of ether oxygens (including phenoxy) is 1. The summed E-state index contributed by atoms with van der Waals surface area (Å²) < 4.78 is 6.41. The van der Waals surface area contributed by atoms with E-state index < -0.39 is 0 Å². The molecule has 0 N–H and O–H groups in total. The van der Waals surface area contributed by atoms with Crippen LogP contribution in [0.15, 0.2) is 42.5 Å². The third-order valence-electron chi connectivity index (χ3n) is 5.53. The van der Waals surface area contributed by atoms with Crippen molar-refractivity contribution in [2.45, 2.75) is 13.0 Å². The summed E-state index contributed by atoms with van der Waals surface area (Å²) in [4.78, 5) is 21.8. The highest BCUT2D eigenvalue weighted by molar-refractivity contribution is 7.22. The van der Waals surface area contributed by atoms with E-state index in [0.717, 1.165) is 53.7 Å². The first-order valence-electron chi connectivity index (χ1n) is 9.26. The molecular weight excluding hydrogens is 358 g/mol. The Morgan fingerprint density at radius 1 is 1.19 bits per heavy atom. The number of carbonyl (C=O) groups excluding carboxylic acids is 1. The molecule has 1 fully saturated rings. The van der Waals surface area contributed by atoms with Gasteiger partial charge in [-0.25, -0.2) is 4.98 Å². The number of thiazole rings is 1. The van der Waals surface area contributed by atoms with E-state index in [1.807, 2.05) is 23.1 Å². The van der Waals surface area contributed by atoms with E-state index in [1.165, 1.54) is 11.1 Å². The zero-order valence-electron chi connectivity index (χ0n) is 15.2. The lowest BCUT2D eigenvalue weighted by molar-refractivity contribution is -0.137. The predicted octanol–water partition coefficient (Wildman–Crippen LogP) is 3.33. The molecule has 0 aliphatic carbocycles. The van der Waals surface area contributed by atoms with Crippen molar-refractivity contribution in [1.29, 1.82) is 0 Å². The van der Waals surface area contributed by atoms with Crippen molar-refractivity contribution in [3.8, 4) is 5.75 Å². The molecule has 1 saturated heterocycles. The number of benzene rings is 2. The molecule has 0 saturated carbocycles. The molecule has 5 rings (SSSR count). The van der Waals surface area contributed by atoms with Gasteiger partial charge in [-0.3, -0.25) is 4.79 Å². The minimum atomic E-state index is 0.0804. The Hall–Kier alpha value is -2.60. The van der Waals surface area contributed by atoms with Crippen LogP contribution >= 0.6 is 11.3 Å². The Bertz CT molecular complexity index is 1010. The average molecular weight is 379 g/mol. The van der Waals surface area contributed by atoms with Gasteiger partial charge in [0, 0.05) is 26.2 Å². The zero-order valence-corrected chi connectivity index (χ0v) is 16.0. The summed E-state index contributed by atoms with van der Waals surface area (Å²) in [6.07, 6.45) is 0.956. The molecule has 3 heterocycles. The second kappa shape index (κ2) is 6.53. The molecule has 2 aliphatic heterocycles. The van der Waals surface area contributed by atoms with Crippen LogP contribution in [0.3, 0.4) is 0 Å². The highest BCUT2D eigenvalue weighted by atomic mass is 32.1. The second-order valence-electron chi connectivity index (χ2n) is 7.21. The Labute approximate surface area is 162 Å². The smallest absolute Gasteiger partial charge is 0.229 e. The first kappa shape index (κ1) is 16.6. The lowest BCUT2D eigenvalue weighted by atomic mass is 9.95. The van der Waals surface area contributed by atoms with Gasteiger partial charge in [-0.05, 0) is 35.7 Å². The highest BCUT2D eigenvalue weighted by Gasteiger charge is 2.37. The molecule has 1 amide bonds. The van der Waals surface area contributed by atoms with Crippen LogP contribution in [-0.2, 0) is 17.8 Å². The van der Waals surface area contributed by atoms with E-state index in [2.05, 4.69) is 29.2 Å². The lowest BCUT2D eigenvalue weighted by Crippen LogP contribution is -2.55. The van der Waals surface area contributed by atoms with Gasteiger partial charge in [0.1, 0.15) is 5.75 Å². The number of carbonyl (C=O) groups is 1. The summed E-state index contributed by atoms with van der Waals surface area (Å²) >= 11 is 1.66. The average Bonchev–Trinajstić information content (AvgIpc) is 3.08. The van der Waals surface area contributed by atoms with Crippen molar-refractivity contribution < 1.29 is 9.53 Å². The van der Waals surface area contributed by atoms with E-state index in [4.69, 9.17) is 9.72 Å². The van der Waals surface area contributed by atoms with E-state index in [9.17, 15) is 4.79 Å². The van der Waals surface area contributed by atoms with E-state index in [1.54, 1.807) is 18.4 Å². The first-order valence-corrected chi connectivity index (χ1v) is 10.1. The summed E-state index contributed by atoms with van der Waals surface area (Å²) in [5, 5.41) is 0.992. The fourth-order valence-corrected chi connectivity index (χ4v) is 4.90. The van der Waals surface area contributed by atoms with Crippen LogP contribution in [0.25, 0.3) is 10.2 Å². The molecule has 0 bridgehead atoms. The first-order chi connectivity index (χ1) is 13.2. The summed E-state index contributed by atoms with van der Waals surface area (Å²) in [6.45, 7) is 3.08. The maximum Gasteiger partial charge on any atom is 0.229 e. The normalized spacial score (nSPS) is 16.9. The Balaban J connectivity index is 1.25. The van der Waals surface area contributed by atoms with Gasteiger partial charge in [0.05, 0.1) is 23.2 Å². The van der Waals surface area contributed by atoms with Gasteiger partial charge in [-0.1, -0.05) is 35.6 Å². The van der Waals surface area contributed by atoms with Gasteiger partial charge in [-0.2, -0.15) is 0 Å². The molecule has 5 nitrogen and oxygen atoms in total. The molecule has 2 aliphatic rings. The topological polar surface area (TPSA) is 45.7 Å². The maximum absolute atomic E-state index is 12.9. The highest BCUT2D eigenvalue weighted by Crippen LogP contribution is 2.35. The number of methoxy groups -OCH3 is 1. The van der Waals surface area contributed by atoms with Gasteiger partial charge < -0.3 is 14.5 Å². The SMILES string of the molecule is COc1ccc2nc(N3CC(C(=O)N4CCc5ccccc5C4)C3)sc2c1. The van der Waals surface area contributed by atoms with Crippen molar-refractivity contribution in [2.24, 2.45) is 5.92 Å². The van der Waals surface area contributed by atoms with Crippen molar-refractivity contribution >= 4 is 32.6 Å². The van der Waals surface area contributed by atoms with Gasteiger partial charge in [-0.15, -0.1) is 0 Å². The number of hydrogen-bond acceptors (Lipinski definition) is 5. The summed E-state index contributed by atoms with van der Waals surface area (Å²) in [5.74, 6) is 1.21. The third-order valence-corrected chi connectivity index (χ3v) is 6.61. The van der Waals surface area contributed by atoms with Crippen LogP contribution in [-0.4, -0.2) is 42.5 Å². The number of anilines is 1. The van der Waals surface area contributed by atoms with Gasteiger partial charge in [0.25, 0.3) is 0 Å². The Morgan fingerprint density at radius 3 is 2.81 bits per heavy atom. The van der Waals surface area contributed by atoms with Crippen molar-refractivity contribution in [1.82, 2.24) is 9.88 Å². The molecule has 0 unspecified atom stereocenters.